The van der Waals surface area contributed by atoms with Crippen LogP contribution in [0.2, 0.25) is 0 Å². The molecule has 0 radical (unpaired) electrons. The third-order valence-electron chi connectivity index (χ3n) is 5.56. The van der Waals surface area contributed by atoms with Crippen molar-refractivity contribution in [2.75, 3.05) is 31.6 Å². The standard InChI is InChI=1S/C18H23FN4O2/c1-10-8-23-12(9-21(10)3)5-6-25-16-15(23)13-7-14(19)11(2)20-17(13)22(4)18(16)24/h7,10,12H,5-6,8-9H2,1-4H3. The van der Waals surface area contributed by atoms with Gasteiger partial charge < -0.3 is 9.64 Å². The molecule has 4 heterocycles. The summed E-state index contributed by atoms with van der Waals surface area (Å²) in [6, 6.07) is 2.07. The Balaban J connectivity index is 2.04. The van der Waals surface area contributed by atoms with E-state index in [1.165, 1.54) is 10.6 Å². The highest BCUT2D eigenvalue weighted by molar-refractivity contribution is 5.93. The number of hydrogen-bond donors (Lipinski definition) is 0. The van der Waals surface area contributed by atoms with Gasteiger partial charge in [0.25, 0.3) is 5.56 Å². The first kappa shape index (κ1) is 16.3. The number of anilines is 1. The Morgan fingerprint density at radius 3 is 2.84 bits per heavy atom. The monoisotopic (exact) mass is 346 g/mol. The summed E-state index contributed by atoms with van der Waals surface area (Å²) >= 11 is 0. The van der Waals surface area contributed by atoms with E-state index in [9.17, 15) is 9.18 Å². The fraction of sp³-hybridized carbons (Fsp3) is 0.556. The Hall–Kier alpha value is -2.15. The quantitative estimate of drug-likeness (QED) is 0.726. The maximum absolute atomic E-state index is 14.3. The van der Waals surface area contributed by atoms with Gasteiger partial charge in [0.1, 0.15) is 11.5 Å². The van der Waals surface area contributed by atoms with E-state index in [-0.39, 0.29) is 17.4 Å². The van der Waals surface area contributed by atoms with E-state index in [0.29, 0.717) is 40.8 Å². The number of aryl methyl sites for hydroxylation is 2. The Morgan fingerprint density at radius 1 is 1.32 bits per heavy atom. The van der Waals surface area contributed by atoms with Gasteiger partial charge in [-0.25, -0.2) is 9.37 Å². The maximum atomic E-state index is 14.3. The van der Waals surface area contributed by atoms with Gasteiger partial charge in [0, 0.05) is 44.0 Å². The lowest BCUT2D eigenvalue weighted by atomic mass is 10.0. The van der Waals surface area contributed by atoms with Crippen LogP contribution in [0.25, 0.3) is 11.0 Å². The van der Waals surface area contributed by atoms with Gasteiger partial charge in [-0.2, -0.15) is 0 Å². The average Bonchev–Trinajstić information content (AvgIpc) is 2.75. The van der Waals surface area contributed by atoms with Crippen LogP contribution < -0.4 is 15.2 Å². The van der Waals surface area contributed by atoms with E-state index in [0.717, 1.165) is 19.5 Å². The molecule has 2 aromatic rings. The summed E-state index contributed by atoms with van der Waals surface area (Å²) in [5, 5.41) is 0.642. The number of fused-ring (bicyclic) bond motifs is 5. The number of aromatic nitrogens is 2. The number of halogens is 1. The molecule has 2 unspecified atom stereocenters. The van der Waals surface area contributed by atoms with Gasteiger partial charge in [0.15, 0.2) is 0 Å². The Kier molecular flexibility index (Phi) is 3.72. The molecule has 2 aliphatic rings. The smallest absolute Gasteiger partial charge is 0.296 e. The minimum absolute atomic E-state index is 0.215. The molecular formula is C18H23FN4O2. The van der Waals surface area contributed by atoms with Crippen LogP contribution in [0.1, 0.15) is 19.0 Å². The minimum atomic E-state index is -0.365. The van der Waals surface area contributed by atoms with Crippen molar-refractivity contribution >= 4 is 16.7 Å². The molecule has 2 atom stereocenters. The summed E-state index contributed by atoms with van der Waals surface area (Å²) in [5.74, 6) is -0.0457. The van der Waals surface area contributed by atoms with Crippen LogP contribution in [0, 0.1) is 12.7 Å². The first-order valence-corrected chi connectivity index (χ1v) is 8.68. The first-order chi connectivity index (χ1) is 11.9. The largest absolute Gasteiger partial charge is 0.486 e. The molecule has 2 aromatic heterocycles. The lowest BCUT2D eigenvalue weighted by molar-refractivity contribution is 0.189. The number of pyridine rings is 2. The summed E-state index contributed by atoms with van der Waals surface area (Å²) in [7, 11) is 3.77. The van der Waals surface area contributed by atoms with Crippen molar-refractivity contribution in [1.29, 1.82) is 0 Å². The van der Waals surface area contributed by atoms with E-state index in [1.807, 2.05) is 0 Å². The predicted octanol–water partition coefficient (Wildman–Crippen LogP) is 1.67. The average molecular weight is 346 g/mol. The number of piperazine rings is 1. The number of likely N-dealkylation sites (N-methyl/N-ethyl adjacent to an activating group) is 1. The second kappa shape index (κ2) is 5.69. The molecule has 25 heavy (non-hydrogen) atoms. The van der Waals surface area contributed by atoms with Crippen LogP contribution in [0.3, 0.4) is 0 Å². The Bertz CT molecular complexity index is 910. The zero-order valence-electron chi connectivity index (χ0n) is 15.0. The lowest BCUT2D eigenvalue weighted by Gasteiger charge is -2.44. The number of hydrogen-bond acceptors (Lipinski definition) is 5. The van der Waals surface area contributed by atoms with Crippen molar-refractivity contribution in [3.63, 3.8) is 0 Å². The molecule has 0 bridgehead atoms. The van der Waals surface area contributed by atoms with E-state index in [2.05, 4.69) is 28.8 Å². The number of rotatable bonds is 0. The van der Waals surface area contributed by atoms with Gasteiger partial charge in [0.05, 0.1) is 18.0 Å². The Morgan fingerprint density at radius 2 is 2.08 bits per heavy atom. The van der Waals surface area contributed by atoms with Crippen LogP contribution >= 0.6 is 0 Å². The number of ether oxygens (including phenoxy) is 1. The number of nitrogens with zero attached hydrogens (tertiary/aromatic N) is 4. The molecule has 134 valence electrons. The molecule has 6 nitrogen and oxygen atoms in total. The summed E-state index contributed by atoms with van der Waals surface area (Å²) in [5.41, 5.74) is 1.28. The van der Waals surface area contributed by atoms with Crippen molar-refractivity contribution < 1.29 is 9.13 Å². The minimum Gasteiger partial charge on any atom is -0.486 e. The first-order valence-electron chi connectivity index (χ1n) is 8.68. The van der Waals surface area contributed by atoms with Gasteiger partial charge >= 0.3 is 0 Å². The lowest BCUT2D eigenvalue weighted by Crippen LogP contribution is -2.56. The maximum Gasteiger partial charge on any atom is 0.296 e. The second-order valence-corrected chi connectivity index (χ2v) is 7.20. The highest BCUT2D eigenvalue weighted by Crippen LogP contribution is 2.38. The van der Waals surface area contributed by atoms with Crippen LogP contribution in [-0.4, -0.2) is 53.3 Å². The molecule has 0 amide bonds. The summed E-state index contributed by atoms with van der Waals surface area (Å²) in [6.45, 7) is 5.92. The normalized spacial score (nSPS) is 23.8. The zero-order valence-corrected chi connectivity index (χ0v) is 15.0. The molecule has 0 N–H and O–H groups in total. The molecule has 1 saturated heterocycles. The van der Waals surface area contributed by atoms with Gasteiger partial charge in [-0.15, -0.1) is 0 Å². The summed E-state index contributed by atoms with van der Waals surface area (Å²) in [4.78, 5) is 21.8. The molecule has 2 aliphatic heterocycles. The predicted molar refractivity (Wildman–Crippen MR) is 95.0 cm³/mol. The SMILES string of the molecule is Cc1nc2c(cc1F)c1c(c(=O)n2C)OCCC2CN(C)C(C)CN12. The van der Waals surface area contributed by atoms with Crippen molar-refractivity contribution in [3.05, 3.63) is 27.9 Å². The molecule has 4 rings (SSSR count). The van der Waals surface area contributed by atoms with Crippen molar-refractivity contribution in [1.82, 2.24) is 14.5 Å². The fourth-order valence-corrected chi connectivity index (χ4v) is 3.89. The molecule has 0 saturated carbocycles. The van der Waals surface area contributed by atoms with E-state index < -0.39 is 0 Å². The van der Waals surface area contributed by atoms with E-state index in [1.54, 1.807) is 14.0 Å². The van der Waals surface area contributed by atoms with Crippen LogP contribution in [0.5, 0.6) is 5.75 Å². The summed E-state index contributed by atoms with van der Waals surface area (Å²) < 4.78 is 21.6. The topological polar surface area (TPSA) is 50.6 Å². The van der Waals surface area contributed by atoms with Crippen molar-refractivity contribution in [2.24, 2.45) is 7.05 Å². The van der Waals surface area contributed by atoms with Crippen LogP contribution in [0.4, 0.5) is 10.1 Å². The molecule has 0 aliphatic carbocycles. The fourth-order valence-electron chi connectivity index (χ4n) is 3.89. The molecule has 1 fully saturated rings. The van der Waals surface area contributed by atoms with Gasteiger partial charge in [-0.05, 0) is 27.0 Å². The van der Waals surface area contributed by atoms with Gasteiger partial charge in [-0.3, -0.25) is 14.3 Å². The Labute approximate surface area is 145 Å². The third kappa shape index (κ3) is 2.40. The molecule has 7 heteroatoms. The zero-order chi connectivity index (χ0) is 17.9. The highest BCUT2D eigenvalue weighted by Gasteiger charge is 2.36. The second-order valence-electron chi connectivity index (χ2n) is 7.20. The van der Waals surface area contributed by atoms with Crippen molar-refractivity contribution in [2.45, 2.75) is 32.4 Å². The van der Waals surface area contributed by atoms with Gasteiger partial charge in [0.2, 0.25) is 5.75 Å². The van der Waals surface area contributed by atoms with E-state index >= 15 is 0 Å². The van der Waals surface area contributed by atoms with Crippen LogP contribution in [-0.2, 0) is 7.05 Å². The molecular weight excluding hydrogens is 323 g/mol. The molecule has 0 spiro atoms. The summed E-state index contributed by atoms with van der Waals surface area (Å²) in [6.07, 6.45) is 0.832. The van der Waals surface area contributed by atoms with Crippen LogP contribution in [0.15, 0.2) is 10.9 Å². The molecule has 0 aromatic carbocycles. The third-order valence-corrected chi connectivity index (χ3v) is 5.56. The highest BCUT2D eigenvalue weighted by atomic mass is 19.1. The van der Waals surface area contributed by atoms with Crippen molar-refractivity contribution in [3.8, 4) is 5.75 Å². The van der Waals surface area contributed by atoms with E-state index in [4.69, 9.17) is 4.74 Å². The van der Waals surface area contributed by atoms with Gasteiger partial charge in [-0.1, -0.05) is 0 Å².